The van der Waals surface area contributed by atoms with Crippen molar-refractivity contribution in [2.24, 2.45) is 5.92 Å². The van der Waals surface area contributed by atoms with E-state index in [1.807, 2.05) is 0 Å². The fourth-order valence-corrected chi connectivity index (χ4v) is 2.39. The van der Waals surface area contributed by atoms with Crippen LogP contribution in [0.25, 0.3) is 0 Å². The van der Waals surface area contributed by atoms with Gasteiger partial charge in [-0.2, -0.15) is 0 Å². The molecule has 6 heteroatoms. The molecule has 2 atom stereocenters. The van der Waals surface area contributed by atoms with Gasteiger partial charge in [0, 0.05) is 18.4 Å². The molecule has 108 valence electrons. The molecule has 0 spiro atoms. The molecule has 1 N–H and O–H groups in total. The maximum atomic E-state index is 11.8. The Balaban J connectivity index is 1.76. The Bertz CT molecular complexity index is 464. The van der Waals surface area contributed by atoms with Crippen LogP contribution in [0.4, 0.5) is 0 Å². The monoisotopic (exact) mass is 277 g/mol. The number of rotatable bonds is 4. The zero-order valence-electron chi connectivity index (χ0n) is 11.5. The van der Waals surface area contributed by atoms with E-state index >= 15 is 0 Å². The van der Waals surface area contributed by atoms with Crippen LogP contribution in [0.15, 0.2) is 18.6 Å². The molecule has 1 fully saturated rings. The Labute approximate surface area is 118 Å². The number of carbonyl (C=O) groups excluding carboxylic acids is 2. The Morgan fingerprint density at radius 3 is 2.85 bits per heavy atom. The highest BCUT2D eigenvalue weighted by molar-refractivity contribution is 5.89. The van der Waals surface area contributed by atoms with Gasteiger partial charge in [-0.3, -0.25) is 9.78 Å². The highest BCUT2D eigenvalue weighted by Crippen LogP contribution is 2.23. The van der Waals surface area contributed by atoms with Gasteiger partial charge in [-0.25, -0.2) is 9.78 Å². The van der Waals surface area contributed by atoms with E-state index in [9.17, 15) is 9.59 Å². The van der Waals surface area contributed by atoms with E-state index in [0.29, 0.717) is 5.92 Å². The highest BCUT2D eigenvalue weighted by atomic mass is 16.5. The van der Waals surface area contributed by atoms with Gasteiger partial charge in [0.05, 0.1) is 6.20 Å². The fourth-order valence-electron chi connectivity index (χ4n) is 2.39. The van der Waals surface area contributed by atoms with Crippen LogP contribution in [0, 0.1) is 5.92 Å². The molecule has 1 amide bonds. The van der Waals surface area contributed by atoms with Gasteiger partial charge in [-0.15, -0.1) is 0 Å². The van der Waals surface area contributed by atoms with Gasteiger partial charge in [0.15, 0.2) is 12.3 Å². The second-order valence-corrected chi connectivity index (χ2v) is 5.10. The smallest absolute Gasteiger partial charge is 0.359 e. The number of ether oxygens (including phenoxy) is 1. The van der Waals surface area contributed by atoms with Gasteiger partial charge in [-0.1, -0.05) is 19.8 Å². The minimum Gasteiger partial charge on any atom is -0.451 e. The quantitative estimate of drug-likeness (QED) is 0.840. The van der Waals surface area contributed by atoms with Gasteiger partial charge < -0.3 is 10.1 Å². The van der Waals surface area contributed by atoms with Crippen molar-refractivity contribution >= 4 is 11.9 Å². The van der Waals surface area contributed by atoms with Crippen LogP contribution in [0.3, 0.4) is 0 Å². The zero-order chi connectivity index (χ0) is 14.4. The van der Waals surface area contributed by atoms with E-state index in [-0.39, 0.29) is 24.2 Å². The number of nitrogens with one attached hydrogen (secondary N) is 1. The van der Waals surface area contributed by atoms with Crippen LogP contribution in [-0.2, 0) is 9.53 Å². The summed E-state index contributed by atoms with van der Waals surface area (Å²) in [6, 6.07) is 0.187. The van der Waals surface area contributed by atoms with E-state index in [1.54, 1.807) is 0 Å². The molecular formula is C14H19N3O3. The molecule has 0 aromatic carbocycles. The molecular weight excluding hydrogens is 258 g/mol. The van der Waals surface area contributed by atoms with Crippen molar-refractivity contribution in [3.8, 4) is 0 Å². The summed E-state index contributed by atoms with van der Waals surface area (Å²) in [6.45, 7) is 1.86. The molecule has 0 aliphatic heterocycles. The molecule has 1 saturated carbocycles. The fraction of sp³-hybridized carbons (Fsp3) is 0.571. The summed E-state index contributed by atoms with van der Waals surface area (Å²) in [5, 5.41) is 2.92. The average Bonchev–Trinajstić information content (AvgIpc) is 2.48. The standard InChI is InChI=1S/C14H19N3O3/c1-10-4-2-3-5-11(10)17-13(18)9-20-14(19)12-8-15-6-7-16-12/h6-8,10-11H,2-5,9H2,1H3,(H,17,18)/t10-,11+/m1/s1. The molecule has 1 aromatic heterocycles. The van der Waals surface area contributed by atoms with Gasteiger partial charge in [0.2, 0.25) is 0 Å². The first-order chi connectivity index (χ1) is 9.66. The first kappa shape index (κ1) is 14.4. The van der Waals surface area contributed by atoms with E-state index in [1.165, 1.54) is 25.0 Å². The van der Waals surface area contributed by atoms with Gasteiger partial charge >= 0.3 is 5.97 Å². The lowest BCUT2D eigenvalue weighted by Crippen LogP contribution is -2.42. The molecule has 0 unspecified atom stereocenters. The number of hydrogen-bond acceptors (Lipinski definition) is 5. The summed E-state index contributed by atoms with van der Waals surface area (Å²) in [6.07, 6.45) is 8.65. The normalized spacial score (nSPS) is 22.1. The van der Waals surface area contributed by atoms with Crippen molar-refractivity contribution in [2.75, 3.05) is 6.61 Å². The summed E-state index contributed by atoms with van der Waals surface area (Å²) in [4.78, 5) is 31.0. The predicted molar refractivity (Wildman–Crippen MR) is 71.9 cm³/mol. The van der Waals surface area contributed by atoms with E-state index < -0.39 is 5.97 Å². The highest BCUT2D eigenvalue weighted by Gasteiger charge is 2.23. The summed E-state index contributed by atoms with van der Waals surface area (Å²) in [5.41, 5.74) is 0.103. The van der Waals surface area contributed by atoms with Crippen LogP contribution >= 0.6 is 0 Å². The lowest BCUT2D eigenvalue weighted by Gasteiger charge is -2.29. The number of amides is 1. The summed E-state index contributed by atoms with van der Waals surface area (Å²) in [5.74, 6) is -0.422. The zero-order valence-corrected chi connectivity index (χ0v) is 11.5. The third-order valence-electron chi connectivity index (χ3n) is 3.56. The molecule has 6 nitrogen and oxygen atoms in total. The van der Waals surface area contributed by atoms with Gasteiger partial charge in [0.1, 0.15) is 0 Å². The Kier molecular flexibility index (Phi) is 5.03. The minimum atomic E-state index is -0.634. The molecule has 0 bridgehead atoms. The van der Waals surface area contributed by atoms with E-state index in [0.717, 1.165) is 19.3 Å². The van der Waals surface area contributed by atoms with Crippen LogP contribution in [0.5, 0.6) is 0 Å². The molecule has 1 aromatic rings. The topological polar surface area (TPSA) is 81.2 Å². The van der Waals surface area contributed by atoms with Crippen LogP contribution in [-0.4, -0.2) is 34.5 Å². The predicted octanol–water partition coefficient (Wildman–Crippen LogP) is 1.33. The third-order valence-corrected chi connectivity index (χ3v) is 3.56. The van der Waals surface area contributed by atoms with Crippen LogP contribution in [0.1, 0.15) is 43.1 Å². The van der Waals surface area contributed by atoms with E-state index in [2.05, 4.69) is 22.2 Å². The largest absolute Gasteiger partial charge is 0.451 e. The average molecular weight is 277 g/mol. The van der Waals surface area contributed by atoms with Crippen molar-refractivity contribution in [1.82, 2.24) is 15.3 Å². The Morgan fingerprint density at radius 2 is 2.15 bits per heavy atom. The van der Waals surface area contributed by atoms with Crippen LogP contribution in [0.2, 0.25) is 0 Å². The number of nitrogens with zero attached hydrogens (tertiary/aromatic N) is 2. The Hall–Kier alpha value is -1.98. The number of carbonyl (C=O) groups is 2. The summed E-state index contributed by atoms with van der Waals surface area (Å²) >= 11 is 0. The lowest BCUT2D eigenvalue weighted by molar-refractivity contribution is -0.125. The first-order valence-corrected chi connectivity index (χ1v) is 6.89. The molecule has 2 rings (SSSR count). The molecule has 0 radical (unpaired) electrons. The minimum absolute atomic E-state index is 0.103. The van der Waals surface area contributed by atoms with Gasteiger partial charge in [0.25, 0.3) is 5.91 Å². The molecule has 1 aliphatic rings. The number of esters is 1. The van der Waals surface area contributed by atoms with Gasteiger partial charge in [-0.05, 0) is 18.8 Å². The third kappa shape index (κ3) is 4.01. The SMILES string of the molecule is C[C@@H]1CCCC[C@@H]1NC(=O)COC(=O)c1cnccn1. The number of hydrogen-bond donors (Lipinski definition) is 1. The summed E-state index contributed by atoms with van der Waals surface area (Å²) < 4.78 is 4.91. The second-order valence-electron chi connectivity index (χ2n) is 5.10. The van der Waals surface area contributed by atoms with Crippen molar-refractivity contribution in [2.45, 2.75) is 38.6 Å². The maximum absolute atomic E-state index is 11.8. The number of aromatic nitrogens is 2. The Morgan fingerprint density at radius 1 is 1.35 bits per heavy atom. The van der Waals surface area contributed by atoms with Crippen molar-refractivity contribution < 1.29 is 14.3 Å². The molecule has 0 saturated heterocycles. The lowest BCUT2D eigenvalue weighted by atomic mass is 9.86. The molecule has 20 heavy (non-hydrogen) atoms. The van der Waals surface area contributed by atoms with Crippen molar-refractivity contribution in [3.05, 3.63) is 24.3 Å². The second kappa shape index (κ2) is 6.98. The first-order valence-electron chi connectivity index (χ1n) is 6.89. The summed E-state index contributed by atoms with van der Waals surface area (Å²) in [7, 11) is 0. The molecule has 1 heterocycles. The maximum Gasteiger partial charge on any atom is 0.359 e. The van der Waals surface area contributed by atoms with Crippen molar-refractivity contribution in [1.29, 1.82) is 0 Å². The van der Waals surface area contributed by atoms with E-state index in [4.69, 9.17) is 4.74 Å². The van der Waals surface area contributed by atoms with Crippen LogP contribution < -0.4 is 5.32 Å². The molecule has 1 aliphatic carbocycles. The van der Waals surface area contributed by atoms with Crippen molar-refractivity contribution in [3.63, 3.8) is 0 Å².